The molecule has 2 aliphatic rings. The van der Waals surface area contributed by atoms with Gasteiger partial charge < -0.3 is 19.4 Å². The van der Waals surface area contributed by atoms with Crippen LogP contribution in [-0.4, -0.2) is 29.8 Å². The molecule has 2 aliphatic carbocycles. The van der Waals surface area contributed by atoms with E-state index in [1.54, 1.807) is 26.1 Å². The van der Waals surface area contributed by atoms with E-state index in [0.29, 0.717) is 23.3 Å². The molecule has 1 heterocycles. The highest BCUT2D eigenvalue weighted by Gasteiger charge is 2.23. The van der Waals surface area contributed by atoms with Crippen LogP contribution >= 0.6 is 0 Å². The van der Waals surface area contributed by atoms with Crippen molar-refractivity contribution in [1.82, 2.24) is 4.57 Å². The Kier molecular flexibility index (Phi) is 7.91. The monoisotopic (exact) mass is 470 g/mol. The highest BCUT2D eigenvalue weighted by Crippen LogP contribution is 2.34. The number of benzene rings is 1. The highest BCUT2D eigenvalue weighted by atomic mass is 19.1. The fourth-order valence-corrected chi connectivity index (χ4v) is 5.13. The van der Waals surface area contributed by atoms with Crippen LogP contribution in [-0.2, 0) is 9.53 Å². The SMILES string of the molecule is CCOC(=O)C=C(C)COc1cn(C2CCCC2)c2cc(NC3CCCCC3)c(F)cc2c1=O. The van der Waals surface area contributed by atoms with Crippen molar-refractivity contribution < 1.29 is 18.7 Å². The van der Waals surface area contributed by atoms with Crippen LogP contribution in [0.15, 0.2) is 34.8 Å². The van der Waals surface area contributed by atoms with Crippen LogP contribution in [0.3, 0.4) is 0 Å². The van der Waals surface area contributed by atoms with Crippen molar-refractivity contribution in [1.29, 1.82) is 0 Å². The van der Waals surface area contributed by atoms with Gasteiger partial charge >= 0.3 is 5.97 Å². The van der Waals surface area contributed by atoms with E-state index >= 15 is 4.39 Å². The van der Waals surface area contributed by atoms with Gasteiger partial charge in [0.05, 0.1) is 29.4 Å². The molecule has 0 atom stereocenters. The number of nitrogens with zero attached hydrogens (tertiary/aromatic N) is 1. The van der Waals surface area contributed by atoms with Crippen molar-refractivity contribution in [3.05, 3.63) is 46.0 Å². The maximum Gasteiger partial charge on any atom is 0.330 e. The first-order chi connectivity index (χ1) is 16.5. The number of ether oxygens (including phenoxy) is 2. The molecule has 0 bridgehead atoms. The average molecular weight is 471 g/mol. The minimum atomic E-state index is -0.439. The van der Waals surface area contributed by atoms with Crippen molar-refractivity contribution in [2.75, 3.05) is 18.5 Å². The second-order valence-corrected chi connectivity index (χ2v) is 9.53. The summed E-state index contributed by atoms with van der Waals surface area (Å²) in [5.74, 6) is -0.683. The minimum Gasteiger partial charge on any atom is -0.484 e. The molecular weight excluding hydrogens is 435 g/mol. The smallest absolute Gasteiger partial charge is 0.330 e. The van der Waals surface area contributed by atoms with Crippen LogP contribution in [0.1, 0.15) is 77.7 Å². The van der Waals surface area contributed by atoms with Gasteiger partial charge in [-0.25, -0.2) is 9.18 Å². The van der Waals surface area contributed by atoms with E-state index in [4.69, 9.17) is 9.47 Å². The molecule has 4 rings (SSSR count). The van der Waals surface area contributed by atoms with Crippen LogP contribution in [0, 0.1) is 5.82 Å². The number of hydrogen-bond acceptors (Lipinski definition) is 5. The van der Waals surface area contributed by atoms with Crippen molar-refractivity contribution in [2.24, 2.45) is 0 Å². The average Bonchev–Trinajstić information content (AvgIpc) is 3.35. The zero-order valence-electron chi connectivity index (χ0n) is 20.2. The van der Waals surface area contributed by atoms with E-state index in [0.717, 1.165) is 56.9 Å². The molecule has 0 aliphatic heterocycles. The van der Waals surface area contributed by atoms with Crippen LogP contribution in [0.25, 0.3) is 10.9 Å². The fourth-order valence-electron chi connectivity index (χ4n) is 5.13. The Hall–Kier alpha value is -2.83. The number of anilines is 1. The predicted octanol–water partition coefficient (Wildman–Crippen LogP) is 5.89. The van der Waals surface area contributed by atoms with Gasteiger partial charge in [-0.15, -0.1) is 0 Å². The molecule has 0 unspecified atom stereocenters. The molecule has 1 aromatic carbocycles. The summed E-state index contributed by atoms with van der Waals surface area (Å²) in [5, 5.41) is 3.71. The molecule has 2 saturated carbocycles. The number of nitrogens with one attached hydrogen (secondary N) is 1. The summed E-state index contributed by atoms with van der Waals surface area (Å²) >= 11 is 0. The van der Waals surface area contributed by atoms with E-state index in [2.05, 4.69) is 9.88 Å². The normalized spacial score (nSPS) is 17.8. The third-order valence-electron chi connectivity index (χ3n) is 6.88. The number of pyridine rings is 1. The molecular formula is C27H35FN2O4. The van der Waals surface area contributed by atoms with E-state index in [-0.39, 0.29) is 29.9 Å². The Morgan fingerprint density at radius 2 is 1.85 bits per heavy atom. The van der Waals surface area contributed by atoms with Crippen LogP contribution in [0.4, 0.5) is 10.1 Å². The van der Waals surface area contributed by atoms with Gasteiger partial charge in [-0.2, -0.15) is 0 Å². The Morgan fingerprint density at radius 3 is 2.56 bits per heavy atom. The molecule has 0 saturated heterocycles. The van der Waals surface area contributed by atoms with E-state index in [1.165, 1.54) is 18.6 Å². The van der Waals surface area contributed by atoms with E-state index in [1.807, 2.05) is 0 Å². The fraction of sp³-hybridized carbons (Fsp3) is 0.556. The van der Waals surface area contributed by atoms with Gasteiger partial charge in [-0.1, -0.05) is 32.1 Å². The maximum absolute atomic E-state index is 15.1. The molecule has 184 valence electrons. The second kappa shape index (κ2) is 11.1. The van der Waals surface area contributed by atoms with Crippen LogP contribution in [0.2, 0.25) is 0 Å². The summed E-state index contributed by atoms with van der Waals surface area (Å²) in [6.07, 6.45) is 13.0. The molecule has 0 spiro atoms. The van der Waals surface area contributed by atoms with Gasteiger partial charge in [0.15, 0.2) is 5.75 Å². The van der Waals surface area contributed by atoms with Gasteiger partial charge in [-0.05, 0) is 57.2 Å². The molecule has 6 nitrogen and oxygen atoms in total. The minimum absolute atomic E-state index is 0.0774. The summed E-state index contributed by atoms with van der Waals surface area (Å²) in [7, 11) is 0. The van der Waals surface area contributed by atoms with Crippen LogP contribution < -0.4 is 15.5 Å². The Labute approximate surface area is 200 Å². The number of esters is 1. The number of fused-ring (bicyclic) bond motifs is 1. The van der Waals surface area contributed by atoms with Crippen molar-refractivity contribution in [3.63, 3.8) is 0 Å². The summed E-state index contributed by atoms with van der Waals surface area (Å²) in [6.45, 7) is 3.86. The topological polar surface area (TPSA) is 69.6 Å². The maximum atomic E-state index is 15.1. The molecule has 7 heteroatoms. The lowest BCUT2D eigenvalue weighted by molar-refractivity contribution is -0.137. The largest absolute Gasteiger partial charge is 0.484 e. The van der Waals surface area contributed by atoms with Gasteiger partial charge in [-0.3, -0.25) is 4.79 Å². The quantitative estimate of drug-likeness (QED) is 0.385. The Balaban J connectivity index is 1.68. The van der Waals surface area contributed by atoms with E-state index < -0.39 is 11.8 Å². The molecule has 1 N–H and O–H groups in total. The highest BCUT2D eigenvalue weighted by molar-refractivity contribution is 5.84. The number of aromatic nitrogens is 1. The van der Waals surface area contributed by atoms with Crippen LogP contribution in [0.5, 0.6) is 5.75 Å². The summed E-state index contributed by atoms with van der Waals surface area (Å²) in [5.41, 5.74) is 1.51. The van der Waals surface area contributed by atoms with Crippen molar-refractivity contribution >= 4 is 22.6 Å². The van der Waals surface area contributed by atoms with Gasteiger partial charge in [0.25, 0.3) is 0 Å². The Bertz CT molecular complexity index is 1110. The number of hydrogen-bond donors (Lipinski definition) is 1. The standard InChI is InChI=1S/C27H35FN2O4/c1-3-33-26(31)13-18(2)17-34-25-16-30(20-11-7-8-12-20)24-15-23(22(28)14-21(24)27(25)32)29-19-9-5-4-6-10-19/h13-16,19-20,29H,3-12,17H2,1-2H3. The third kappa shape index (κ3) is 5.62. The number of rotatable bonds is 8. The molecule has 0 radical (unpaired) electrons. The second-order valence-electron chi connectivity index (χ2n) is 9.53. The van der Waals surface area contributed by atoms with Gasteiger partial charge in [0.2, 0.25) is 5.43 Å². The summed E-state index contributed by atoms with van der Waals surface area (Å²) in [4.78, 5) is 24.9. The van der Waals surface area contributed by atoms with Gasteiger partial charge in [0, 0.05) is 18.2 Å². The van der Waals surface area contributed by atoms with Gasteiger partial charge in [0.1, 0.15) is 12.4 Å². The zero-order chi connectivity index (χ0) is 24.1. The first-order valence-corrected chi connectivity index (χ1v) is 12.6. The lowest BCUT2D eigenvalue weighted by Crippen LogP contribution is -2.23. The van der Waals surface area contributed by atoms with E-state index in [9.17, 15) is 9.59 Å². The molecule has 2 aromatic rings. The zero-order valence-corrected chi connectivity index (χ0v) is 20.2. The summed E-state index contributed by atoms with van der Waals surface area (Å²) < 4.78 is 28.0. The first-order valence-electron chi connectivity index (χ1n) is 12.6. The van der Waals surface area contributed by atoms with Crippen molar-refractivity contribution in [3.8, 4) is 5.75 Å². The lowest BCUT2D eigenvalue weighted by atomic mass is 9.95. The molecule has 2 fully saturated rings. The number of halogens is 1. The van der Waals surface area contributed by atoms with Crippen molar-refractivity contribution in [2.45, 2.75) is 83.7 Å². The molecule has 1 aromatic heterocycles. The molecule has 34 heavy (non-hydrogen) atoms. The lowest BCUT2D eigenvalue weighted by Gasteiger charge is -2.25. The first kappa shape index (κ1) is 24.3. The molecule has 0 amide bonds. The number of carbonyl (C=O) groups excluding carboxylic acids is 1. The number of carbonyl (C=O) groups is 1. The summed E-state index contributed by atoms with van der Waals surface area (Å²) in [6, 6.07) is 3.66. The Morgan fingerprint density at radius 1 is 1.15 bits per heavy atom. The predicted molar refractivity (Wildman–Crippen MR) is 132 cm³/mol. The third-order valence-corrected chi connectivity index (χ3v) is 6.88.